The topological polar surface area (TPSA) is 15.3 Å². The first-order chi connectivity index (χ1) is 8.61. The van der Waals surface area contributed by atoms with E-state index in [4.69, 9.17) is 0 Å². The first kappa shape index (κ1) is 16.3. The molecule has 19 heavy (non-hydrogen) atoms. The van der Waals surface area contributed by atoms with Crippen molar-refractivity contribution in [2.75, 3.05) is 20.1 Å². The van der Waals surface area contributed by atoms with Gasteiger partial charge in [0.2, 0.25) is 0 Å². The number of hydrogen-bond donors (Lipinski definition) is 1. The molecule has 1 aliphatic rings. The van der Waals surface area contributed by atoms with Crippen LogP contribution in [0, 0.1) is 17.5 Å². The van der Waals surface area contributed by atoms with Crippen molar-refractivity contribution < 1.29 is 13.2 Å². The highest BCUT2D eigenvalue weighted by atomic mass is 35.5. The molecule has 0 saturated carbocycles. The summed E-state index contributed by atoms with van der Waals surface area (Å²) < 4.78 is 39.5. The van der Waals surface area contributed by atoms with Gasteiger partial charge in [0.25, 0.3) is 0 Å². The molecule has 1 atom stereocenters. The van der Waals surface area contributed by atoms with Crippen molar-refractivity contribution >= 4 is 12.4 Å². The van der Waals surface area contributed by atoms with Crippen LogP contribution in [0.3, 0.4) is 0 Å². The van der Waals surface area contributed by atoms with Gasteiger partial charge in [-0.3, -0.25) is 4.90 Å². The first-order valence-corrected chi connectivity index (χ1v) is 6.14. The van der Waals surface area contributed by atoms with E-state index in [2.05, 4.69) is 10.2 Å². The molecule has 1 unspecified atom stereocenters. The number of likely N-dealkylation sites (tertiary alicyclic amines) is 1. The predicted octanol–water partition coefficient (Wildman–Crippen LogP) is 2.71. The summed E-state index contributed by atoms with van der Waals surface area (Å²) >= 11 is 0. The fourth-order valence-corrected chi connectivity index (χ4v) is 2.47. The van der Waals surface area contributed by atoms with E-state index in [1.54, 1.807) is 0 Å². The summed E-state index contributed by atoms with van der Waals surface area (Å²) in [5.74, 6) is -2.80. The summed E-state index contributed by atoms with van der Waals surface area (Å²) in [6.07, 6.45) is 2.10. The lowest BCUT2D eigenvalue weighted by molar-refractivity contribution is 0.238. The Hall–Kier alpha value is -0.780. The van der Waals surface area contributed by atoms with Gasteiger partial charge in [-0.15, -0.1) is 12.4 Å². The minimum atomic E-state index is -1.13. The molecule has 108 valence electrons. The molecule has 6 heteroatoms. The summed E-state index contributed by atoms with van der Waals surface area (Å²) in [5, 5.41) is 3.09. The fourth-order valence-electron chi connectivity index (χ4n) is 2.47. The van der Waals surface area contributed by atoms with Gasteiger partial charge in [0.15, 0.2) is 11.6 Å². The highest BCUT2D eigenvalue weighted by Gasteiger charge is 2.25. The number of rotatable bonds is 4. The van der Waals surface area contributed by atoms with Crippen LogP contribution >= 0.6 is 12.4 Å². The molecule has 0 radical (unpaired) electrons. The van der Waals surface area contributed by atoms with Crippen LogP contribution in [0.1, 0.15) is 18.4 Å². The van der Waals surface area contributed by atoms with Gasteiger partial charge in [0.05, 0.1) is 0 Å². The Morgan fingerprint density at radius 1 is 1.21 bits per heavy atom. The largest absolute Gasteiger partial charge is 0.318 e. The first-order valence-electron chi connectivity index (χ1n) is 6.14. The lowest BCUT2D eigenvalue weighted by Crippen LogP contribution is -2.36. The Balaban J connectivity index is 0.00000180. The van der Waals surface area contributed by atoms with E-state index in [1.807, 2.05) is 7.05 Å². The fraction of sp³-hybridized carbons (Fsp3) is 0.538. The lowest BCUT2D eigenvalue weighted by atomic mass is 10.1. The van der Waals surface area contributed by atoms with Gasteiger partial charge in [-0.05, 0) is 32.5 Å². The molecule has 1 saturated heterocycles. The van der Waals surface area contributed by atoms with Gasteiger partial charge in [-0.2, -0.15) is 0 Å². The van der Waals surface area contributed by atoms with E-state index in [-0.39, 0.29) is 18.0 Å². The third kappa shape index (κ3) is 3.84. The highest BCUT2D eigenvalue weighted by molar-refractivity contribution is 5.85. The van der Waals surface area contributed by atoms with Crippen LogP contribution in [0.25, 0.3) is 0 Å². The summed E-state index contributed by atoms with van der Waals surface area (Å²) in [5.41, 5.74) is 0.219. The maximum Gasteiger partial charge on any atom is 0.161 e. The summed E-state index contributed by atoms with van der Waals surface area (Å²) in [7, 11) is 1.87. The molecule has 1 aromatic rings. The van der Waals surface area contributed by atoms with Crippen molar-refractivity contribution in [1.29, 1.82) is 0 Å². The summed E-state index contributed by atoms with van der Waals surface area (Å²) in [6.45, 7) is 2.02. The number of hydrogen-bond acceptors (Lipinski definition) is 2. The van der Waals surface area contributed by atoms with E-state index in [0.717, 1.165) is 32.0 Å². The van der Waals surface area contributed by atoms with Crippen molar-refractivity contribution in [2.24, 2.45) is 0 Å². The van der Waals surface area contributed by atoms with E-state index in [0.29, 0.717) is 18.7 Å². The molecule has 0 bridgehead atoms. The molecule has 1 aliphatic heterocycles. The summed E-state index contributed by atoms with van der Waals surface area (Å²) in [4.78, 5) is 2.10. The zero-order valence-corrected chi connectivity index (χ0v) is 11.6. The van der Waals surface area contributed by atoms with Gasteiger partial charge >= 0.3 is 0 Å². The number of benzene rings is 1. The van der Waals surface area contributed by atoms with Crippen molar-refractivity contribution in [3.63, 3.8) is 0 Å². The van der Waals surface area contributed by atoms with Crippen LogP contribution in [0.2, 0.25) is 0 Å². The molecule has 1 heterocycles. The van der Waals surface area contributed by atoms with Crippen LogP contribution < -0.4 is 5.32 Å². The molecule has 2 nitrogen and oxygen atoms in total. The maximum absolute atomic E-state index is 13.5. The molecular weight excluding hydrogens is 277 g/mol. The molecule has 2 rings (SSSR count). The van der Waals surface area contributed by atoms with E-state index in [9.17, 15) is 13.2 Å². The second kappa shape index (κ2) is 7.12. The normalized spacial score (nSPS) is 19.5. The number of halogens is 4. The van der Waals surface area contributed by atoms with Crippen LogP contribution in [-0.4, -0.2) is 31.1 Å². The summed E-state index contributed by atoms with van der Waals surface area (Å²) in [6, 6.07) is 1.91. The smallest absolute Gasteiger partial charge is 0.161 e. The Bertz CT molecular complexity index is 429. The Labute approximate surface area is 117 Å². The number of nitrogens with zero attached hydrogens (tertiary/aromatic N) is 1. The zero-order chi connectivity index (χ0) is 13.1. The highest BCUT2D eigenvalue weighted by Crippen LogP contribution is 2.22. The lowest BCUT2D eigenvalue weighted by Gasteiger charge is -2.24. The Morgan fingerprint density at radius 2 is 1.89 bits per heavy atom. The van der Waals surface area contributed by atoms with E-state index in [1.165, 1.54) is 0 Å². The van der Waals surface area contributed by atoms with Crippen LogP contribution in [0.4, 0.5) is 13.2 Å². The van der Waals surface area contributed by atoms with Crippen molar-refractivity contribution in [3.05, 3.63) is 35.1 Å². The third-order valence-corrected chi connectivity index (χ3v) is 3.40. The SMILES string of the molecule is CNCC1CCCN1Cc1cc(F)c(F)cc1F.Cl. The van der Waals surface area contributed by atoms with Crippen LogP contribution in [-0.2, 0) is 6.54 Å². The third-order valence-electron chi connectivity index (χ3n) is 3.40. The minimum absolute atomic E-state index is 0. The minimum Gasteiger partial charge on any atom is -0.318 e. The number of likely N-dealkylation sites (N-methyl/N-ethyl adjacent to an activating group) is 1. The van der Waals surface area contributed by atoms with Gasteiger partial charge in [0, 0.05) is 30.8 Å². The zero-order valence-electron chi connectivity index (χ0n) is 10.8. The van der Waals surface area contributed by atoms with E-state index >= 15 is 0 Å². The van der Waals surface area contributed by atoms with E-state index < -0.39 is 17.5 Å². The second-order valence-corrected chi connectivity index (χ2v) is 4.68. The quantitative estimate of drug-likeness (QED) is 0.859. The van der Waals surface area contributed by atoms with Gasteiger partial charge in [0.1, 0.15) is 5.82 Å². The van der Waals surface area contributed by atoms with Crippen LogP contribution in [0.5, 0.6) is 0 Å². The van der Waals surface area contributed by atoms with Gasteiger partial charge < -0.3 is 5.32 Å². The maximum atomic E-state index is 13.5. The van der Waals surface area contributed by atoms with Crippen molar-refractivity contribution in [3.8, 4) is 0 Å². The van der Waals surface area contributed by atoms with Crippen LogP contribution in [0.15, 0.2) is 12.1 Å². The molecule has 0 aromatic heterocycles. The predicted molar refractivity (Wildman–Crippen MR) is 70.9 cm³/mol. The molecule has 0 amide bonds. The average molecular weight is 295 g/mol. The van der Waals surface area contributed by atoms with Crippen molar-refractivity contribution in [1.82, 2.24) is 10.2 Å². The van der Waals surface area contributed by atoms with Gasteiger partial charge in [-0.25, -0.2) is 13.2 Å². The Kier molecular flexibility index (Phi) is 6.10. The Morgan fingerprint density at radius 3 is 2.58 bits per heavy atom. The second-order valence-electron chi connectivity index (χ2n) is 4.68. The standard InChI is InChI=1S/C13H17F3N2.ClH/c1-17-7-10-3-2-4-18(10)8-9-5-12(15)13(16)6-11(9)14;/h5-6,10,17H,2-4,7-8H2,1H3;1H. The molecule has 0 spiro atoms. The van der Waals surface area contributed by atoms with Crippen molar-refractivity contribution in [2.45, 2.75) is 25.4 Å². The molecule has 1 aromatic carbocycles. The van der Waals surface area contributed by atoms with Gasteiger partial charge in [-0.1, -0.05) is 0 Å². The molecule has 1 N–H and O–H groups in total. The molecule has 0 aliphatic carbocycles. The monoisotopic (exact) mass is 294 g/mol. The molecule has 1 fully saturated rings. The number of nitrogens with one attached hydrogen (secondary N) is 1. The molecular formula is C13H18ClF3N2. The average Bonchev–Trinajstić information content (AvgIpc) is 2.74.